The Morgan fingerprint density at radius 1 is 1.38 bits per heavy atom. The number of fused-ring (bicyclic) bond motifs is 1. The van der Waals surface area contributed by atoms with Gasteiger partial charge in [-0.3, -0.25) is 0 Å². The van der Waals surface area contributed by atoms with E-state index < -0.39 is 6.10 Å². The molecule has 0 bridgehead atoms. The molecule has 116 valence electrons. The van der Waals surface area contributed by atoms with E-state index in [0.717, 1.165) is 56.0 Å². The number of hydrogen-bond donors (Lipinski definition) is 1. The van der Waals surface area contributed by atoms with E-state index >= 15 is 0 Å². The minimum absolute atomic E-state index is 0.220. The smallest absolute Gasteiger partial charge is 0.129 e. The maximum Gasteiger partial charge on any atom is 0.129 e. The number of methoxy groups -OCH3 is 1. The van der Waals surface area contributed by atoms with Crippen LogP contribution in [0.4, 0.5) is 0 Å². The molecular weight excluding hydrogens is 266 g/mol. The first kappa shape index (κ1) is 14.7. The van der Waals surface area contributed by atoms with Gasteiger partial charge in [0.2, 0.25) is 0 Å². The van der Waals surface area contributed by atoms with E-state index in [0.29, 0.717) is 6.42 Å². The third-order valence-electron chi connectivity index (χ3n) is 4.91. The zero-order valence-corrected chi connectivity index (χ0v) is 13.0. The van der Waals surface area contributed by atoms with Gasteiger partial charge in [-0.2, -0.15) is 0 Å². The van der Waals surface area contributed by atoms with Crippen molar-refractivity contribution >= 4 is 0 Å². The lowest BCUT2D eigenvalue weighted by Gasteiger charge is -2.40. The average Bonchev–Trinajstić information content (AvgIpc) is 2.69. The van der Waals surface area contributed by atoms with E-state index in [1.165, 1.54) is 0 Å². The first-order chi connectivity index (χ1) is 10.2. The molecule has 1 spiro atoms. The van der Waals surface area contributed by atoms with Crippen LogP contribution in [-0.2, 0) is 0 Å². The van der Waals surface area contributed by atoms with E-state index in [4.69, 9.17) is 9.47 Å². The minimum atomic E-state index is -0.437. The molecule has 21 heavy (non-hydrogen) atoms. The van der Waals surface area contributed by atoms with Gasteiger partial charge in [0.05, 0.1) is 13.2 Å². The van der Waals surface area contributed by atoms with Crippen molar-refractivity contribution in [3.05, 3.63) is 23.8 Å². The third kappa shape index (κ3) is 2.87. The van der Waals surface area contributed by atoms with Crippen LogP contribution in [0.1, 0.15) is 44.3 Å². The van der Waals surface area contributed by atoms with Crippen molar-refractivity contribution in [1.29, 1.82) is 0 Å². The second kappa shape index (κ2) is 5.85. The molecule has 3 rings (SSSR count). The predicted molar refractivity (Wildman–Crippen MR) is 81.9 cm³/mol. The number of aliphatic hydroxyl groups excluding tert-OH is 1. The van der Waals surface area contributed by atoms with E-state index in [-0.39, 0.29) is 5.60 Å². The molecule has 0 amide bonds. The van der Waals surface area contributed by atoms with Crippen LogP contribution in [0.15, 0.2) is 18.2 Å². The summed E-state index contributed by atoms with van der Waals surface area (Å²) in [5, 5.41) is 10.5. The molecule has 1 aromatic carbocycles. The summed E-state index contributed by atoms with van der Waals surface area (Å²) >= 11 is 0. The Hall–Kier alpha value is -1.26. The molecule has 1 fully saturated rings. The number of benzene rings is 1. The van der Waals surface area contributed by atoms with Crippen molar-refractivity contribution in [2.24, 2.45) is 0 Å². The van der Waals surface area contributed by atoms with E-state index in [1.54, 1.807) is 7.11 Å². The van der Waals surface area contributed by atoms with Crippen LogP contribution >= 0.6 is 0 Å². The SMILES string of the molecule is CCN1CCCC2(CC1)C[C@@H](O)c1ccc(OC)cc1O2. The average molecular weight is 291 g/mol. The summed E-state index contributed by atoms with van der Waals surface area (Å²) in [5.74, 6) is 1.57. The Morgan fingerprint density at radius 2 is 2.24 bits per heavy atom. The molecular formula is C17H25NO3. The Balaban J connectivity index is 1.86. The van der Waals surface area contributed by atoms with E-state index in [2.05, 4.69) is 11.8 Å². The summed E-state index contributed by atoms with van der Waals surface area (Å²) in [7, 11) is 1.65. The van der Waals surface area contributed by atoms with Crippen molar-refractivity contribution in [2.45, 2.75) is 44.3 Å². The van der Waals surface area contributed by atoms with Gasteiger partial charge in [0.15, 0.2) is 0 Å². The third-order valence-corrected chi connectivity index (χ3v) is 4.91. The van der Waals surface area contributed by atoms with Gasteiger partial charge in [-0.15, -0.1) is 0 Å². The largest absolute Gasteiger partial charge is 0.497 e. The highest BCUT2D eigenvalue weighted by Crippen LogP contribution is 2.45. The highest BCUT2D eigenvalue weighted by molar-refractivity contribution is 5.44. The molecule has 1 unspecified atom stereocenters. The lowest BCUT2D eigenvalue weighted by Crippen LogP contribution is -2.42. The van der Waals surface area contributed by atoms with Crippen LogP contribution in [0.25, 0.3) is 0 Å². The van der Waals surface area contributed by atoms with Gasteiger partial charge < -0.3 is 19.5 Å². The minimum Gasteiger partial charge on any atom is -0.497 e. The van der Waals surface area contributed by atoms with Crippen molar-refractivity contribution in [3.63, 3.8) is 0 Å². The molecule has 2 aliphatic rings. The van der Waals surface area contributed by atoms with Crippen LogP contribution < -0.4 is 9.47 Å². The molecule has 0 aromatic heterocycles. The fourth-order valence-corrected chi connectivity index (χ4v) is 3.59. The molecule has 0 radical (unpaired) electrons. The molecule has 4 heteroatoms. The Labute approximate surface area is 126 Å². The maximum absolute atomic E-state index is 10.5. The van der Waals surface area contributed by atoms with Crippen LogP contribution in [0.2, 0.25) is 0 Å². The van der Waals surface area contributed by atoms with Gasteiger partial charge in [-0.25, -0.2) is 0 Å². The first-order valence-corrected chi connectivity index (χ1v) is 7.93. The molecule has 2 atom stereocenters. The number of hydrogen-bond acceptors (Lipinski definition) is 4. The van der Waals surface area contributed by atoms with Gasteiger partial charge in [-0.1, -0.05) is 6.92 Å². The highest BCUT2D eigenvalue weighted by Gasteiger charge is 2.41. The van der Waals surface area contributed by atoms with Crippen molar-refractivity contribution in [2.75, 3.05) is 26.7 Å². The topological polar surface area (TPSA) is 41.9 Å². The highest BCUT2D eigenvalue weighted by atomic mass is 16.5. The predicted octanol–water partition coefficient (Wildman–Crippen LogP) is 2.76. The monoisotopic (exact) mass is 291 g/mol. The van der Waals surface area contributed by atoms with Gasteiger partial charge >= 0.3 is 0 Å². The summed E-state index contributed by atoms with van der Waals surface area (Å²) in [5.41, 5.74) is 0.668. The van der Waals surface area contributed by atoms with Crippen LogP contribution in [-0.4, -0.2) is 42.4 Å². The normalized spacial score (nSPS) is 29.6. The lowest BCUT2D eigenvalue weighted by atomic mass is 9.83. The summed E-state index contributed by atoms with van der Waals surface area (Å²) < 4.78 is 11.7. The Morgan fingerprint density at radius 3 is 3.00 bits per heavy atom. The summed E-state index contributed by atoms with van der Waals surface area (Å²) in [6.07, 6.45) is 3.38. The van der Waals surface area contributed by atoms with Gasteiger partial charge in [0, 0.05) is 24.6 Å². The molecule has 1 aromatic rings. The van der Waals surface area contributed by atoms with E-state index in [1.807, 2.05) is 18.2 Å². The zero-order valence-electron chi connectivity index (χ0n) is 13.0. The number of rotatable bonds is 2. The maximum atomic E-state index is 10.5. The Bertz CT molecular complexity index is 505. The molecule has 0 aliphatic carbocycles. The fourth-order valence-electron chi connectivity index (χ4n) is 3.59. The first-order valence-electron chi connectivity index (χ1n) is 7.93. The molecule has 1 saturated heterocycles. The number of likely N-dealkylation sites (tertiary alicyclic amines) is 1. The standard InChI is InChI=1S/C17H25NO3/c1-3-18-9-4-7-17(8-10-18)12-15(19)14-6-5-13(20-2)11-16(14)21-17/h5-6,11,15,19H,3-4,7-10,12H2,1-2H3/t15-,17?/m1/s1. The second-order valence-corrected chi connectivity index (χ2v) is 6.20. The molecule has 1 N–H and O–H groups in total. The van der Waals surface area contributed by atoms with Crippen LogP contribution in [0, 0.1) is 0 Å². The van der Waals surface area contributed by atoms with Crippen LogP contribution in [0.3, 0.4) is 0 Å². The molecule has 2 aliphatic heterocycles. The van der Waals surface area contributed by atoms with Gasteiger partial charge in [0.1, 0.15) is 17.1 Å². The van der Waals surface area contributed by atoms with E-state index in [9.17, 15) is 5.11 Å². The quantitative estimate of drug-likeness (QED) is 0.910. The fraction of sp³-hybridized carbons (Fsp3) is 0.647. The molecule has 0 saturated carbocycles. The number of nitrogens with zero attached hydrogens (tertiary/aromatic N) is 1. The number of ether oxygens (including phenoxy) is 2. The van der Waals surface area contributed by atoms with Crippen molar-refractivity contribution in [1.82, 2.24) is 4.90 Å². The summed E-state index contributed by atoms with van der Waals surface area (Å²) in [4.78, 5) is 2.46. The zero-order chi connectivity index (χ0) is 14.9. The second-order valence-electron chi connectivity index (χ2n) is 6.20. The van der Waals surface area contributed by atoms with Crippen LogP contribution in [0.5, 0.6) is 11.5 Å². The Kier molecular flexibility index (Phi) is 4.09. The van der Waals surface area contributed by atoms with Crippen molar-refractivity contribution < 1.29 is 14.6 Å². The van der Waals surface area contributed by atoms with Crippen molar-refractivity contribution in [3.8, 4) is 11.5 Å². The summed E-state index contributed by atoms with van der Waals surface area (Å²) in [6, 6.07) is 5.71. The molecule has 4 nitrogen and oxygen atoms in total. The van der Waals surface area contributed by atoms with Gasteiger partial charge in [0.25, 0.3) is 0 Å². The lowest BCUT2D eigenvalue weighted by molar-refractivity contribution is -0.0239. The number of aliphatic hydroxyl groups is 1. The van der Waals surface area contributed by atoms with Gasteiger partial charge in [-0.05, 0) is 44.5 Å². The molecule has 2 heterocycles. The summed E-state index contributed by atoms with van der Waals surface area (Å²) in [6.45, 7) is 5.46.